The lowest BCUT2D eigenvalue weighted by molar-refractivity contribution is -0.616. The van der Waals surface area contributed by atoms with Crippen LogP contribution in [0.25, 0.3) is 0 Å². The van der Waals surface area contributed by atoms with Gasteiger partial charge in [0.1, 0.15) is 30.5 Å². The minimum Gasteiger partial charge on any atom is -0.618 e. The number of rotatable bonds is 12. The second-order valence-corrected chi connectivity index (χ2v) is 11.0. The van der Waals surface area contributed by atoms with Gasteiger partial charge in [-0.05, 0) is 11.4 Å². The van der Waals surface area contributed by atoms with E-state index in [0.717, 1.165) is 11.4 Å². The topological polar surface area (TPSA) is 144 Å². The number of aromatic nitrogens is 3. The predicted molar refractivity (Wildman–Crippen MR) is 124 cm³/mol. The molecule has 0 aliphatic heterocycles. The Hall–Kier alpha value is -3.25. The summed E-state index contributed by atoms with van der Waals surface area (Å²) < 4.78 is 41.8. The van der Waals surface area contributed by atoms with Crippen molar-refractivity contribution in [1.29, 1.82) is 0 Å². The summed E-state index contributed by atoms with van der Waals surface area (Å²) in [5, 5.41) is 36.4. The molecule has 0 aliphatic carbocycles. The van der Waals surface area contributed by atoms with E-state index in [-0.39, 0.29) is 36.0 Å². The highest BCUT2D eigenvalue weighted by Crippen LogP contribution is 2.62. The molecule has 14 heteroatoms. The van der Waals surface area contributed by atoms with Crippen LogP contribution in [-0.2, 0) is 32.6 Å². The van der Waals surface area contributed by atoms with Crippen LogP contribution in [0.2, 0.25) is 0 Å². The van der Waals surface area contributed by atoms with Crippen LogP contribution in [0.4, 0.5) is 0 Å². The lowest BCUT2D eigenvalue weighted by atomic mass is 10.3. The van der Waals surface area contributed by atoms with Gasteiger partial charge in [0.25, 0.3) is 0 Å². The molecule has 188 valence electrons. The third kappa shape index (κ3) is 7.12. The first-order valence-corrected chi connectivity index (χ1v) is 13.2. The van der Waals surface area contributed by atoms with Gasteiger partial charge >= 0.3 is 6.80 Å². The van der Waals surface area contributed by atoms with E-state index in [4.69, 9.17) is 23.3 Å². The Morgan fingerprint density at radius 3 is 1.49 bits per heavy atom. The fraction of sp³-hybridized carbons (Fsp3) is 0.286. The minimum atomic E-state index is -4.01. The first kappa shape index (κ1) is 26.4. The summed E-state index contributed by atoms with van der Waals surface area (Å²) in [5.41, 5.74) is 0.478. The number of hydrogen-bond acceptors (Lipinski definition) is 10. The van der Waals surface area contributed by atoms with Gasteiger partial charge in [0, 0.05) is 24.3 Å². The standard InChI is InChI=1S/C21H24N3O9PS/c1-29-19-4-7-22(25)16(10-19)13-32-34(28,33-14-17-11-20(30-2)5-8-23(17)26)35-15-18-12-21(31-3)6-9-24(18)27/h4-12H,13-15H2,1-3H3. The van der Waals surface area contributed by atoms with Crippen LogP contribution in [0.1, 0.15) is 17.1 Å². The smallest absolute Gasteiger partial charge is 0.390 e. The molecule has 0 bridgehead atoms. The van der Waals surface area contributed by atoms with Gasteiger partial charge in [0.15, 0.2) is 18.6 Å². The Balaban J connectivity index is 1.82. The minimum absolute atomic E-state index is 0.0665. The van der Waals surface area contributed by atoms with E-state index < -0.39 is 6.80 Å². The number of pyridine rings is 3. The van der Waals surface area contributed by atoms with E-state index in [9.17, 15) is 20.2 Å². The lowest BCUT2D eigenvalue weighted by Crippen LogP contribution is -2.32. The number of methoxy groups -OCH3 is 3. The van der Waals surface area contributed by atoms with Crippen molar-refractivity contribution in [3.05, 3.63) is 87.7 Å². The van der Waals surface area contributed by atoms with Crippen molar-refractivity contribution in [2.24, 2.45) is 0 Å². The van der Waals surface area contributed by atoms with Crippen LogP contribution in [-0.4, -0.2) is 21.3 Å². The Bertz CT molecular complexity index is 1070. The van der Waals surface area contributed by atoms with Crippen molar-refractivity contribution in [2.75, 3.05) is 21.3 Å². The van der Waals surface area contributed by atoms with Gasteiger partial charge in [-0.15, -0.1) is 0 Å². The Labute approximate surface area is 205 Å². The number of nitrogens with zero attached hydrogens (tertiary/aromatic N) is 3. The fourth-order valence-electron chi connectivity index (χ4n) is 2.78. The van der Waals surface area contributed by atoms with Crippen molar-refractivity contribution < 1.29 is 42.0 Å². The second kappa shape index (κ2) is 11.9. The molecular formula is C21H24N3O9PS. The van der Waals surface area contributed by atoms with Crippen LogP contribution in [0.15, 0.2) is 55.0 Å². The summed E-state index contributed by atoms with van der Waals surface area (Å²) in [6.45, 7) is -4.77. The second-order valence-electron chi connectivity index (χ2n) is 6.92. The summed E-state index contributed by atoms with van der Waals surface area (Å²) >= 11 is 0.730. The normalized spacial score (nSPS) is 11.3. The zero-order valence-corrected chi connectivity index (χ0v) is 20.9. The van der Waals surface area contributed by atoms with E-state index >= 15 is 0 Å². The highest BCUT2D eigenvalue weighted by Gasteiger charge is 2.30. The van der Waals surface area contributed by atoms with Gasteiger partial charge in [0.2, 0.25) is 17.1 Å². The summed E-state index contributed by atoms with van der Waals surface area (Å²) in [6, 6.07) is 8.78. The maximum Gasteiger partial charge on any atom is 0.390 e. The molecule has 0 radical (unpaired) electrons. The number of hydrogen-bond donors (Lipinski definition) is 0. The molecule has 3 aromatic heterocycles. The van der Waals surface area contributed by atoms with Crippen LogP contribution in [0.3, 0.4) is 0 Å². The molecule has 0 amide bonds. The van der Waals surface area contributed by atoms with Crippen LogP contribution in [0.5, 0.6) is 17.2 Å². The number of ether oxygens (including phenoxy) is 3. The van der Waals surface area contributed by atoms with Crippen molar-refractivity contribution >= 4 is 18.2 Å². The molecule has 35 heavy (non-hydrogen) atoms. The van der Waals surface area contributed by atoms with Crippen LogP contribution >= 0.6 is 18.2 Å². The van der Waals surface area contributed by atoms with Gasteiger partial charge in [-0.1, -0.05) is 0 Å². The van der Waals surface area contributed by atoms with Gasteiger partial charge in [0.05, 0.1) is 39.2 Å². The molecule has 0 unspecified atom stereocenters. The molecule has 3 aromatic rings. The highest BCUT2D eigenvalue weighted by atomic mass is 32.7. The van der Waals surface area contributed by atoms with E-state index in [0.29, 0.717) is 31.4 Å². The zero-order valence-electron chi connectivity index (χ0n) is 19.2. The average molecular weight is 525 g/mol. The summed E-state index contributed by atoms with van der Waals surface area (Å²) in [6.07, 6.45) is 3.71. The van der Waals surface area contributed by atoms with E-state index in [1.54, 1.807) is 0 Å². The zero-order chi connectivity index (χ0) is 25.4. The van der Waals surface area contributed by atoms with Gasteiger partial charge < -0.3 is 29.8 Å². The van der Waals surface area contributed by atoms with Crippen LogP contribution in [0, 0.1) is 15.6 Å². The molecule has 0 saturated heterocycles. The van der Waals surface area contributed by atoms with Crippen molar-refractivity contribution in [3.63, 3.8) is 0 Å². The van der Waals surface area contributed by atoms with Gasteiger partial charge in [-0.3, -0.25) is 9.05 Å². The molecule has 0 fully saturated rings. The van der Waals surface area contributed by atoms with Crippen molar-refractivity contribution in [3.8, 4) is 17.2 Å². The molecule has 0 aliphatic rings. The third-order valence-corrected chi connectivity index (χ3v) is 8.32. The first-order chi connectivity index (χ1) is 16.8. The predicted octanol–water partition coefficient (Wildman–Crippen LogP) is 2.39. The lowest BCUT2D eigenvalue weighted by Gasteiger charge is -2.17. The molecule has 0 atom stereocenters. The highest BCUT2D eigenvalue weighted by molar-refractivity contribution is 8.54. The molecular weight excluding hydrogens is 501 g/mol. The molecule has 0 N–H and O–H groups in total. The Morgan fingerprint density at radius 2 is 1.09 bits per heavy atom. The summed E-state index contributed by atoms with van der Waals surface area (Å²) in [4.78, 5) is 0. The summed E-state index contributed by atoms with van der Waals surface area (Å²) in [7, 11) is 4.34. The maximum absolute atomic E-state index is 13.6. The summed E-state index contributed by atoms with van der Waals surface area (Å²) in [5.74, 6) is 1.19. The van der Waals surface area contributed by atoms with Crippen molar-refractivity contribution in [2.45, 2.75) is 19.0 Å². The van der Waals surface area contributed by atoms with Gasteiger partial charge in [-0.25, -0.2) is 4.57 Å². The Morgan fingerprint density at radius 1 is 0.714 bits per heavy atom. The molecule has 0 saturated carbocycles. The third-order valence-electron chi connectivity index (χ3n) is 4.72. The largest absolute Gasteiger partial charge is 0.618 e. The van der Waals surface area contributed by atoms with Gasteiger partial charge in [-0.2, -0.15) is 14.2 Å². The first-order valence-electron chi connectivity index (χ1n) is 10.1. The van der Waals surface area contributed by atoms with E-state index in [1.165, 1.54) is 76.3 Å². The van der Waals surface area contributed by atoms with E-state index in [2.05, 4.69) is 0 Å². The quantitative estimate of drug-likeness (QED) is 0.196. The molecule has 12 nitrogen and oxygen atoms in total. The molecule has 0 aromatic carbocycles. The molecule has 0 spiro atoms. The molecule has 3 rings (SSSR count). The monoisotopic (exact) mass is 525 g/mol. The molecule has 3 heterocycles. The van der Waals surface area contributed by atoms with Crippen LogP contribution < -0.4 is 28.4 Å². The average Bonchev–Trinajstić information content (AvgIpc) is 2.87. The van der Waals surface area contributed by atoms with Crippen molar-refractivity contribution in [1.82, 2.24) is 0 Å². The van der Waals surface area contributed by atoms with E-state index in [1.807, 2.05) is 0 Å². The SMILES string of the molecule is COc1cc[n+]([O-])c(COP(=O)(OCc2cc(OC)cc[n+]2[O-])SCc2cc(OC)cc[n+]2[O-])c1. The maximum atomic E-state index is 13.6. The fourth-order valence-corrected chi connectivity index (χ4v) is 5.72. The Kier molecular flexibility index (Phi) is 8.99.